The van der Waals surface area contributed by atoms with Gasteiger partial charge in [0, 0.05) is 45.5 Å². The number of halogens is 4. The van der Waals surface area contributed by atoms with Gasteiger partial charge in [-0.3, -0.25) is 19.5 Å². The Morgan fingerprint density at radius 1 is 1.03 bits per heavy atom. The molecule has 3 aliphatic rings. The van der Waals surface area contributed by atoms with Crippen molar-refractivity contribution in [2.45, 2.75) is 18.9 Å². The molecule has 33 heavy (non-hydrogen) atoms. The fraction of sp³-hybridized carbons (Fsp3) is 0.524. The number of urea groups is 1. The van der Waals surface area contributed by atoms with Crippen LogP contribution in [-0.2, 0) is 4.79 Å². The summed E-state index contributed by atoms with van der Waals surface area (Å²) in [5, 5.41) is 1.15. The van der Waals surface area contributed by atoms with E-state index in [9.17, 15) is 9.59 Å². The highest BCUT2D eigenvalue weighted by atomic mass is 35.5. The van der Waals surface area contributed by atoms with E-state index in [-0.39, 0.29) is 36.8 Å². The third-order valence-corrected chi connectivity index (χ3v) is 6.87. The van der Waals surface area contributed by atoms with Crippen molar-refractivity contribution in [2.75, 3.05) is 58.3 Å². The van der Waals surface area contributed by atoms with Crippen molar-refractivity contribution in [3.8, 4) is 0 Å². The maximum atomic E-state index is 12.8. The van der Waals surface area contributed by atoms with Crippen LogP contribution in [0.3, 0.4) is 0 Å². The Morgan fingerprint density at radius 3 is 2.36 bits per heavy atom. The van der Waals surface area contributed by atoms with Gasteiger partial charge in [0.25, 0.3) is 24.1 Å². The molecule has 3 heterocycles. The van der Waals surface area contributed by atoms with Gasteiger partial charge >= 0.3 is 6.03 Å². The SMILES string of the molecule is CN1C(=O)N(CCCCN2CCN(c3ccc(Cl)c(Cl)c3)CC2)C(=O)C2C1=NC=[N+]2C.Cl.Cl. The minimum absolute atomic E-state index is 0. The summed E-state index contributed by atoms with van der Waals surface area (Å²) in [7, 11) is 3.48. The molecule has 4 rings (SSSR count). The molecule has 3 aliphatic heterocycles. The number of imide groups is 1. The smallest absolute Gasteiger partial charge is 0.333 e. The molecule has 1 atom stereocenters. The molecule has 2 saturated heterocycles. The normalized spacial score (nSPS) is 20.7. The number of unbranched alkanes of at least 4 members (excludes halogenated alkanes) is 1. The average Bonchev–Trinajstić information content (AvgIpc) is 3.16. The van der Waals surface area contributed by atoms with Crippen LogP contribution in [0.25, 0.3) is 0 Å². The van der Waals surface area contributed by atoms with Crippen LogP contribution in [-0.4, -0.2) is 103 Å². The molecule has 0 spiro atoms. The Kier molecular flexibility index (Phi) is 9.82. The van der Waals surface area contributed by atoms with Crippen LogP contribution < -0.4 is 4.90 Å². The Labute approximate surface area is 216 Å². The van der Waals surface area contributed by atoms with E-state index in [0.717, 1.165) is 51.3 Å². The molecule has 0 aliphatic carbocycles. The molecule has 12 heteroatoms. The number of carbonyl (C=O) groups is 2. The number of amides is 3. The number of hydrogen-bond acceptors (Lipinski definition) is 5. The van der Waals surface area contributed by atoms with E-state index < -0.39 is 6.04 Å². The third kappa shape index (κ3) is 5.74. The summed E-state index contributed by atoms with van der Waals surface area (Å²) >= 11 is 12.2. The van der Waals surface area contributed by atoms with Gasteiger partial charge in [0.15, 0.2) is 0 Å². The van der Waals surface area contributed by atoms with Crippen LogP contribution in [0.15, 0.2) is 23.2 Å². The largest absolute Gasteiger partial charge is 0.369 e. The predicted octanol–water partition coefficient (Wildman–Crippen LogP) is 3.08. The summed E-state index contributed by atoms with van der Waals surface area (Å²) in [5.74, 6) is 0.321. The molecular weight excluding hydrogens is 510 g/mol. The molecule has 0 bridgehead atoms. The van der Waals surface area contributed by atoms with Crippen molar-refractivity contribution >= 4 is 77.8 Å². The van der Waals surface area contributed by atoms with E-state index in [2.05, 4.69) is 14.8 Å². The van der Waals surface area contributed by atoms with Crippen molar-refractivity contribution in [1.82, 2.24) is 14.7 Å². The summed E-state index contributed by atoms with van der Waals surface area (Å²) in [6.07, 6.45) is 3.31. The van der Waals surface area contributed by atoms with Gasteiger partial charge in [-0.05, 0) is 42.6 Å². The molecule has 182 valence electrons. The molecule has 0 radical (unpaired) electrons. The van der Waals surface area contributed by atoms with E-state index in [1.807, 2.05) is 18.2 Å². The molecule has 1 unspecified atom stereocenters. The predicted molar refractivity (Wildman–Crippen MR) is 137 cm³/mol. The van der Waals surface area contributed by atoms with Gasteiger partial charge in [-0.1, -0.05) is 23.2 Å². The number of likely N-dealkylation sites (N-methyl/N-ethyl adjacent to an activating group) is 2. The van der Waals surface area contributed by atoms with Crippen molar-refractivity contribution in [3.05, 3.63) is 28.2 Å². The summed E-state index contributed by atoms with van der Waals surface area (Å²) in [6, 6.07) is 4.97. The highest BCUT2D eigenvalue weighted by molar-refractivity contribution is 6.42. The molecule has 0 aromatic heterocycles. The molecule has 3 amide bonds. The Bertz CT molecular complexity index is 949. The first-order valence-electron chi connectivity index (χ1n) is 10.5. The van der Waals surface area contributed by atoms with Crippen molar-refractivity contribution < 1.29 is 14.2 Å². The fourth-order valence-corrected chi connectivity index (χ4v) is 4.56. The first-order chi connectivity index (χ1) is 14.9. The zero-order chi connectivity index (χ0) is 22.1. The van der Waals surface area contributed by atoms with Gasteiger partial charge in [-0.25, -0.2) is 9.37 Å². The third-order valence-electron chi connectivity index (χ3n) is 6.13. The van der Waals surface area contributed by atoms with E-state index >= 15 is 0 Å². The lowest BCUT2D eigenvalue weighted by Crippen LogP contribution is -2.62. The maximum absolute atomic E-state index is 12.8. The molecule has 0 saturated carbocycles. The number of anilines is 1. The second-order valence-corrected chi connectivity index (χ2v) is 8.95. The van der Waals surface area contributed by atoms with Crippen LogP contribution in [0.4, 0.5) is 10.5 Å². The highest BCUT2D eigenvalue weighted by Crippen LogP contribution is 2.27. The van der Waals surface area contributed by atoms with Gasteiger partial charge in [0.05, 0.1) is 17.1 Å². The summed E-state index contributed by atoms with van der Waals surface area (Å²) < 4.78 is 1.75. The van der Waals surface area contributed by atoms with Gasteiger partial charge in [-0.15, -0.1) is 24.8 Å². The lowest BCUT2D eigenvalue weighted by atomic mass is 10.1. The molecule has 8 nitrogen and oxygen atoms in total. The maximum Gasteiger partial charge on any atom is 0.333 e. The van der Waals surface area contributed by atoms with Crippen molar-refractivity contribution in [2.24, 2.45) is 4.99 Å². The van der Waals surface area contributed by atoms with E-state index in [4.69, 9.17) is 23.2 Å². The number of hydrogen-bond donors (Lipinski definition) is 0. The molecule has 2 fully saturated rings. The number of piperazine rings is 1. The summed E-state index contributed by atoms with van der Waals surface area (Å²) in [5.41, 5.74) is 1.09. The molecule has 1 aromatic carbocycles. The Hall–Kier alpha value is -1.58. The van der Waals surface area contributed by atoms with Gasteiger partial charge < -0.3 is 4.90 Å². The molecule has 0 N–H and O–H groups in total. The standard InChI is InChI=1S/C21H27Cl2N6O2.2ClH/c1-25-14-24-19-18(25)20(30)29(21(31)26(19)2)8-4-3-7-27-9-11-28(12-10-27)15-5-6-16(22)17(23)13-15;;/h5-6,13-14,18H,3-4,7-12H2,1-2H3;2*1H/q+1;;. The molecule has 1 aromatic rings. The topological polar surface area (TPSA) is 62.5 Å². The number of carbonyl (C=O) groups excluding carboxylic acids is 2. The minimum Gasteiger partial charge on any atom is -0.369 e. The van der Waals surface area contributed by atoms with Crippen molar-refractivity contribution in [1.29, 1.82) is 0 Å². The monoisotopic (exact) mass is 537 g/mol. The average molecular weight is 539 g/mol. The lowest BCUT2D eigenvalue weighted by molar-refractivity contribution is -0.500. The molecular formula is C21H29Cl4N6O2+. The highest BCUT2D eigenvalue weighted by Gasteiger charge is 2.50. The quantitative estimate of drug-likeness (QED) is 0.412. The minimum atomic E-state index is -0.489. The van der Waals surface area contributed by atoms with Crippen LogP contribution in [0.1, 0.15) is 12.8 Å². The number of benzene rings is 1. The second-order valence-electron chi connectivity index (χ2n) is 8.14. The summed E-state index contributed by atoms with van der Waals surface area (Å²) in [4.78, 5) is 37.1. The number of fused-ring (bicyclic) bond motifs is 1. The van der Waals surface area contributed by atoms with Gasteiger partial charge in [-0.2, -0.15) is 0 Å². The van der Waals surface area contributed by atoms with Crippen LogP contribution >= 0.6 is 48.0 Å². The second kappa shape index (κ2) is 11.7. The Balaban J connectivity index is 0.00000193. The number of nitrogens with zero attached hydrogens (tertiary/aromatic N) is 6. The first kappa shape index (κ1) is 27.7. The van der Waals surface area contributed by atoms with Crippen LogP contribution in [0.2, 0.25) is 10.0 Å². The van der Waals surface area contributed by atoms with Gasteiger partial charge in [0.2, 0.25) is 0 Å². The van der Waals surface area contributed by atoms with Crippen molar-refractivity contribution in [3.63, 3.8) is 0 Å². The van der Waals surface area contributed by atoms with E-state index in [0.29, 0.717) is 22.4 Å². The fourth-order valence-electron chi connectivity index (χ4n) is 4.27. The number of rotatable bonds is 6. The zero-order valence-electron chi connectivity index (χ0n) is 18.6. The lowest BCUT2D eigenvalue weighted by Gasteiger charge is -2.36. The summed E-state index contributed by atoms with van der Waals surface area (Å²) in [6.45, 7) is 5.17. The van der Waals surface area contributed by atoms with Crippen LogP contribution in [0.5, 0.6) is 0 Å². The zero-order valence-corrected chi connectivity index (χ0v) is 21.8. The van der Waals surface area contributed by atoms with E-state index in [1.165, 1.54) is 9.80 Å². The number of aliphatic imine (C=N–C) groups is 1. The number of amidine groups is 1. The Morgan fingerprint density at radius 2 is 1.70 bits per heavy atom. The van der Waals surface area contributed by atoms with E-state index in [1.54, 1.807) is 25.0 Å². The van der Waals surface area contributed by atoms with Crippen LogP contribution in [0, 0.1) is 0 Å². The van der Waals surface area contributed by atoms with Gasteiger partial charge in [0.1, 0.15) is 0 Å². The first-order valence-corrected chi connectivity index (χ1v) is 11.3.